The molecule has 0 saturated carbocycles. The Hall–Kier alpha value is -8.00. The summed E-state index contributed by atoms with van der Waals surface area (Å²) in [6.07, 6.45) is 0. The van der Waals surface area contributed by atoms with Crippen LogP contribution in [-0.2, 0) is 5.41 Å². The molecule has 0 aromatic heterocycles. The topological polar surface area (TPSA) is 3.24 Å². The Kier molecular flexibility index (Phi) is 7.59. The molecular weight excluding hydrogens is 747 g/mol. The van der Waals surface area contributed by atoms with E-state index in [1.807, 2.05) is 0 Å². The zero-order valence-electron chi connectivity index (χ0n) is 34.0. The van der Waals surface area contributed by atoms with Crippen molar-refractivity contribution in [1.29, 1.82) is 0 Å². The van der Waals surface area contributed by atoms with Gasteiger partial charge in [-0.15, -0.1) is 0 Å². The second kappa shape index (κ2) is 13.5. The summed E-state index contributed by atoms with van der Waals surface area (Å²) in [5.41, 5.74) is 18.3. The molecule has 11 aromatic rings. The molecule has 2 aliphatic carbocycles. The molecule has 0 heterocycles. The van der Waals surface area contributed by atoms with Gasteiger partial charge < -0.3 is 4.90 Å². The van der Waals surface area contributed by atoms with Crippen LogP contribution in [0.3, 0.4) is 0 Å². The monoisotopic (exact) mass is 785 g/mol. The molecule has 0 fully saturated rings. The third-order valence-corrected chi connectivity index (χ3v) is 13.6. The van der Waals surface area contributed by atoms with Crippen molar-refractivity contribution in [2.45, 2.75) is 5.41 Å². The fourth-order valence-corrected chi connectivity index (χ4v) is 11.0. The van der Waals surface area contributed by atoms with Crippen molar-refractivity contribution in [3.05, 3.63) is 259 Å². The van der Waals surface area contributed by atoms with Gasteiger partial charge in [0.15, 0.2) is 0 Å². The van der Waals surface area contributed by atoms with Crippen LogP contribution in [0.15, 0.2) is 237 Å². The largest absolute Gasteiger partial charge is 0.310 e. The summed E-state index contributed by atoms with van der Waals surface area (Å²) in [5.74, 6) is 0. The van der Waals surface area contributed by atoms with E-state index in [0.29, 0.717) is 0 Å². The van der Waals surface area contributed by atoms with Crippen molar-refractivity contribution in [3.8, 4) is 44.5 Å². The van der Waals surface area contributed by atoms with E-state index in [0.717, 1.165) is 17.1 Å². The minimum Gasteiger partial charge on any atom is -0.310 e. The van der Waals surface area contributed by atoms with Crippen molar-refractivity contribution in [2.24, 2.45) is 0 Å². The van der Waals surface area contributed by atoms with Crippen molar-refractivity contribution in [2.75, 3.05) is 4.90 Å². The van der Waals surface area contributed by atoms with Gasteiger partial charge in [0.2, 0.25) is 0 Å². The molecular formula is C61H39N. The minimum absolute atomic E-state index is 0.445. The molecule has 0 aliphatic heterocycles. The molecule has 2 aliphatic rings. The lowest BCUT2D eigenvalue weighted by Crippen LogP contribution is -2.26. The number of hydrogen-bond acceptors (Lipinski definition) is 1. The number of anilines is 3. The number of benzene rings is 11. The molecule has 11 aromatic carbocycles. The van der Waals surface area contributed by atoms with Crippen LogP contribution in [0.5, 0.6) is 0 Å². The van der Waals surface area contributed by atoms with E-state index in [1.54, 1.807) is 0 Å². The molecule has 1 spiro atoms. The highest BCUT2D eigenvalue weighted by molar-refractivity contribution is 6.25. The Morgan fingerprint density at radius 2 is 0.629 bits per heavy atom. The van der Waals surface area contributed by atoms with Crippen LogP contribution in [0.25, 0.3) is 76.8 Å². The second-order valence-corrected chi connectivity index (χ2v) is 16.8. The molecule has 0 saturated heterocycles. The summed E-state index contributed by atoms with van der Waals surface area (Å²) in [7, 11) is 0. The van der Waals surface area contributed by atoms with Gasteiger partial charge in [0, 0.05) is 17.1 Å². The lowest BCUT2D eigenvalue weighted by atomic mass is 9.70. The minimum atomic E-state index is -0.445. The molecule has 0 N–H and O–H groups in total. The first-order chi connectivity index (χ1) is 30.8. The SMILES string of the molecule is c1ccc(-c2cccc(-c3cccc(N(c4ccc5c(c4)C4(c6ccccc6-c6ccccc64)c4ccccc4-5)c4ccc5c6ccccc6c6ccccc6c5c4)c3)c2)cc1. The number of hydrogen-bond donors (Lipinski definition) is 0. The first kappa shape index (κ1) is 34.8. The van der Waals surface area contributed by atoms with E-state index in [2.05, 4.69) is 241 Å². The van der Waals surface area contributed by atoms with Crippen molar-refractivity contribution in [3.63, 3.8) is 0 Å². The van der Waals surface area contributed by atoms with Gasteiger partial charge in [-0.1, -0.05) is 194 Å². The molecule has 62 heavy (non-hydrogen) atoms. The van der Waals surface area contributed by atoms with Crippen molar-refractivity contribution in [1.82, 2.24) is 0 Å². The smallest absolute Gasteiger partial charge is 0.0726 e. The van der Waals surface area contributed by atoms with E-state index in [1.165, 1.54) is 99.1 Å². The highest BCUT2D eigenvalue weighted by atomic mass is 15.1. The van der Waals surface area contributed by atoms with Gasteiger partial charge in [-0.3, -0.25) is 0 Å². The predicted octanol–water partition coefficient (Wildman–Crippen LogP) is 16.3. The summed E-state index contributed by atoms with van der Waals surface area (Å²) < 4.78 is 0. The van der Waals surface area contributed by atoms with E-state index in [4.69, 9.17) is 0 Å². The molecule has 288 valence electrons. The Bertz CT molecular complexity index is 3500. The van der Waals surface area contributed by atoms with Crippen LogP contribution >= 0.6 is 0 Å². The van der Waals surface area contributed by atoms with Crippen molar-refractivity contribution < 1.29 is 0 Å². The highest BCUT2D eigenvalue weighted by Crippen LogP contribution is 2.63. The van der Waals surface area contributed by atoms with Crippen LogP contribution in [0.2, 0.25) is 0 Å². The molecule has 0 radical (unpaired) electrons. The average Bonchev–Trinajstić information content (AvgIpc) is 3.82. The highest BCUT2D eigenvalue weighted by Gasteiger charge is 2.51. The number of fused-ring (bicyclic) bond motifs is 16. The van der Waals surface area contributed by atoms with Crippen molar-refractivity contribution >= 4 is 49.4 Å². The van der Waals surface area contributed by atoms with Gasteiger partial charge in [-0.25, -0.2) is 0 Å². The van der Waals surface area contributed by atoms with Crippen LogP contribution < -0.4 is 4.90 Å². The van der Waals surface area contributed by atoms with E-state index >= 15 is 0 Å². The first-order valence-corrected chi connectivity index (χ1v) is 21.6. The Morgan fingerprint density at radius 1 is 0.226 bits per heavy atom. The zero-order chi connectivity index (χ0) is 40.8. The third kappa shape index (κ3) is 4.97. The molecule has 0 amide bonds. The van der Waals surface area contributed by atoms with Gasteiger partial charge in [-0.2, -0.15) is 0 Å². The van der Waals surface area contributed by atoms with Crippen LogP contribution in [-0.4, -0.2) is 0 Å². The summed E-state index contributed by atoms with van der Waals surface area (Å²) in [4.78, 5) is 2.48. The molecule has 0 unspecified atom stereocenters. The van der Waals surface area contributed by atoms with Gasteiger partial charge in [0.25, 0.3) is 0 Å². The van der Waals surface area contributed by atoms with Gasteiger partial charge in [-0.05, 0) is 142 Å². The lowest BCUT2D eigenvalue weighted by molar-refractivity contribution is 0.793. The number of rotatable bonds is 5. The Morgan fingerprint density at radius 3 is 1.24 bits per heavy atom. The fourth-order valence-electron chi connectivity index (χ4n) is 11.0. The maximum absolute atomic E-state index is 2.50. The van der Waals surface area contributed by atoms with E-state index in [-0.39, 0.29) is 0 Å². The molecule has 13 rings (SSSR count). The maximum Gasteiger partial charge on any atom is 0.0726 e. The molecule has 1 heteroatoms. The predicted molar refractivity (Wildman–Crippen MR) is 261 cm³/mol. The molecule has 0 atom stereocenters. The summed E-state index contributed by atoms with van der Waals surface area (Å²) >= 11 is 0. The third-order valence-electron chi connectivity index (χ3n) is 13.6. The lowest BCUT2D eigenvalue weighted by Gasteiger charge is -2.32. The fraction of sp³-hybridized carbons (Fsp3) is 0.0164. The summed E-state index contributed by atoms with van der Waals surface area (Å²) in [6.45, 7) is 0. The zero-order valence-corrected chi connectivity index (χ0v) is 34.0. The normalized spacial score (nSPS) is 13.0. The second-order valence-electron chi connectivity index (χ2n) is 16.8. The van der Waals surface area contributed by atoms with E-state index < -0.39 is 5.41 Å². The molecule has 0 bridgehead atoms. The average molecular weight is 786 g/mol. The van der Waals surface area contributed by atoms with E-state index in [9.17, 15) is 0 Å². The maximum atomic E-state index is 2.50. The van der Waals surface area contributed by atoms with Gasteiger partial charge in [0.05, 0.1) is 5.41 Å². The standard InChI is InChI=1S/C61H39N/c1-2-16-40(17-3-1)41-18-14-19-42(36-41)43-20-15-21-44(37-43)62(45-32-34-51-49-24-5-4-22-47(49)48-23-6-7-25-50(48)56(51)38-45)46-33-35-55-54-28-10-13-31-59(54)61(60(55)39-46)57-29-11-8-26-52(57)53-27-9-12-30-58(53)61/h1-39H. The van der Waals surface area contributed by atoms with Gasteiger partial charge >= 0.3 is 0 Å². The first-order valence-electron chi connectivity index (χ1n) is 21.6. The van der Waals surface area contributed by atoms with Crippen LogP contribution in [0.1, 0.15) is 22.3 Å². The summed E-state index contributed by atoms with van der Waals surface area (Å²) in [6, 6.07) is 87.9. The van der Waals surface area contributed by atoms with Gasteiger partial charge in [0.1, 0.15) is 0 Å². The molecule has 1 nitrogen and oxygen atoms in total. The Balaban J connectivity index is 1.07. The van der Waals surface area contributed by atoms with Crippen LogP contribution in [0, 0.1) is 0 Å². The van der Waals surface area contributed by atoms with Crippen LogP contribution in [0.4, 0.5) is 17.1 Å². The quantitative estimate of drug-likeness (QED) is 0.157. The number of nitrogens with zero attached hydrogens (tertiary/aromatic N) is 1. The summed E-state index contributed by atoms with van der Waals surface area (Å²) in [5, 5.41) is 7.60. The Labute approximate surface area is 361 Å².